The minimum absolute atomic E-state index is 0.236. The molecular formula is C10H20N2O. The number of hydrogen-bond acceptors (Lipinski definition) is 2. The third kappa shape index (κ3) is 2.44. The molecule has 3 heteroatoms. The maximum absolute atomic E-state index is 11.5. The van der Waals surface area contributed by atoms with Crippen molar-refractivity contribution in [2.75, 3.05) is 13.1 Å². The Bertz CT molecular complexity index is 180. The van der Waals surface area contributed by atoms with Gasteiger partial charge in [0, 0.05) is 13.0 Å². The molecule has 1 atom stereocenters. The van der Waals surface area contributed by atoms with E-state index in [1.165, 1.54) is 0 Å². The van der Waals surface area contributed by atoms with E-state index >= 15 is 0 Å². The van der Waals surface area contributed by atoms with Crippen molar-refractivity contribution in [1.29, 1.82) is 0 Å². The van der Waals surface area contributed by atoms with Crippen molar-refractivity contribution in [1.82, 2.24) is 10.2 Å². The summed E-state index contributed by atoms with van der Waals surface area (Å²) in [7, 11) is 0. The number of amides is 1. The monoisotopic (exact) mass is 184 g/mol. The van der Waals surface area contributed by atoms with Crippen LogP contribution in [0.2, 0.25) is 0 Å². The van der Waals surface area contributed by atoms with Gasteiger partial charge in [0.1, 0.15) is 0 Å². The first-order valence-electron chi connectivity index (χ1n) is 5.19. The van der Waals surface area contributed by atoms with Crippen LogP contribution in [-0.2, 0) is 4.79 Å². The molecule has 1 heterocycles. The van der Waals surface area contributed by atoms with Gasteiger partial charge >= 0.3 is 0 Å². The van der Waals surface area contributed by atoms with Crippen LogP contribution in [0.5, 0.6) is 0 Å². The Balaban J connectivity index is 2.57. The SMILES string of the molecule is CCNC(C(C)C)N1CCCC1=O. The van der Waals surface area contributed by atoms with Crippen LogP contribution in [0.1, 0.15) is 33.6 Å². The molecule has 0 aromatic heterocycles. The van der Waals surface area contributed by atoms with Gasteiger partial charge in [-0.2, -0.15) is 0 Å². The van der Waals surface area contributed by atoms with Crippen LogP contribution in [0, 0.1) is 5.92 Å². The summed E-state index contributed by atoms with van der Waals surface area (Å²) in [5.41, 5.74) is 0. The summed E-state index contributed by atoms with van der Waals surface area (Å²) in [6.07, 6.45) is 1.99. The van der Waals surface area contributed by atoms with Crippen molar-refractivity contribution in [2.45, 2.75) is 39.8 Å². The Labute approximate surface area is 80.5 Å². The van der Waals surface area contributed by atoms with Gasteiger partial charge in [-0.15, -0.1) is 0 Å². The van der Waals surface area contributed by atoms with E-state index in [0.717, 1.165) is 25.9 Å². The normalized spacial score (nSPS) is 20.0. The van der Waals surface area contributed by atoms with Crippen molar-refractivity contribution in [3.05, 3.63) is 0 Å². The third-order valence-electron chi connectivity index (χ3n) is 2.49. The second-order valence-corrected chi connectivity index (χ2v) is 3.94. The van der Waals surface area contributed by atoms with Crippen LogP contribution in [-0.4, -0.2) is 30.1 Å². The van der Waals surface area contributed by atoms with Crippen molar-refractivity contribution >= 4 is 5.91 Å². The van der Waals surface area contributed by atoms with E-state index in [-0.39, 0.29) is 6.17 Å². The zero-order valence-electron chi connectivity index (χ0n) is 8.84. The standard InChI is InChI=1S/C10H20N2O/c1-4-11-10(8(2)3)12-7-5-6-9(12)13/h8,10-11H,4-7H2,1-3H3. The fraction of sp³-hybridized carbons (Fsp3) is 0.900. The second kappa shape index (κ2) is 4.61. The van der Waals surface area contributed by atoms with Crippen LogP contribution < -0.4 is 5.32 Å². The smallest absolute Gasteiger partial charge is 0.223 e. The van der Waals surface area contributed by atoms with Gasteiger partial charge in [-0.05, 0) is 18.9 Å². The molecule has 76 valence electrons. The van der Waals surface area contributed by atoms with Gasteiger partial charge in [-0.1, -0.05) is 20.8 Å². The molecule has 0 bridgehead atoms. The van der Waals surface area contributed by atoms with E-state index < -0.39 is 0 Å². The molecule has 1 aliphatic heterocycles. The molecule has 0 saturated carbocycles. The lowest BCUT2D eigenvalue weighted by Gasteiger charge is -2.31. The number of carbonyl (C=O) groups excluding carboxylic acids is 1. The van der Waals surface area contributed by atoms with Crippen LogP contribution in [0.4, 0.5) is 0 Å². The molecule has 3 nitrogen and oxygen atoms in total. The third-order valence-corrected chi connectivity index (χ3v) is 2.49. The molecule has 0 aromatic rings. The molecular weight excluding hydrogens is 164 g/mol. The molecule has 1 fully saturated rings. The largest absolute Gasteiger partial charge is 0.327 e. The van der Waals surface area contributed by atoms with E-state index in [2.05, 4.69) is 26.1 Å². The highest BCUT2D eigenvalue weighted by molar-refractivity contribution is 5.78. The summed E-state index contributed by atoms with van der Waals surface area (Å²) in [5.74, 6) is 0.793. The van der Waals surface area contributed by atoms with Crippen LogP contribution in [0.15, 0.2) is 0 Å². The fourth-order valence-electron chi connectivity index (χ4n) is 1.88. The highest BCUT2D eigenvalue weighted by Gasteiger charge is 2.28. The Kier molecular flexibility index (Phi) is 3.72. The molecule has 1 rings (SSSR count). The summed E-state index contributed by atoms with van der Waals surface area (Å²) in [5, 5.41) is 3.36. The van der Waals surface area contributed by atoms with Crippen molar-refractivity contribution in [2.24, 2.45) is 5.92 Å². The van der Waals surface area contributed by atoms with Crippen LogP contribution in [0.3, 0.4) is 0 Å². The lowest BCUT2D eigenvalue weighted by molar-refractivity contribution is -0.131. The van der Waals surface area contributed by atoms with Gasteiger partial charge in [0.25, 0.3) is 0 Å². The first-order chi connectivity index (χ1) is 6.16. The van der Waals surface area contributed by atoms with Gasteiger partial charge in [-0.3, -0.25) is 10.1 Å². The van der Waals surface area contributed by atoms with Crippen molar-refractivity contribution in [3.8, 4) is 0 Å². The molecule has 0 aromatic carbocycles. The summed E-state index contributed by atoms with van der Waals surface area (Å²) >= 11 is 0. The molecule has 0 spiro atoms. The molecule has 1 saturated heterocycles. The highest BCUT2D eigenvalue weighted by atomic mass is 16.2. The van der Waals surface area contributed by atoms with E-state index in [4.69, 9.17) is 0 Å². The Morgan fingerprint density at radius 1 is 1.54 bits per heavy atom. The Morgan fingerprint density at radius 2 is 2.23 bits per heavy atom. The number of carbonyl (C=O) groups is 1. The maximum Gasteiger partial charge on any atom is 0.223 e. The van der Waals surface area contributed by atoms with E-state index in [1.807, 2.05) is 4.90 Å². The van der Waals surface area contributed by atoms with E-state index in [9.17, 15) is 4.79 Å². The van der Waals surface area contributed by atoms with Gasteiger partial charge < -0.3 is 4.90 Å². The number of nitrogens with zero attached hydrogens (tertiary/aromatic N) is 1. The topological polar surface area (TPSA) is 32.3 Å². The summed E-state index contributed by atoms with van der Waals surface area (Å²) in [4.78, 5) is 13.5. The molecule has 0 aliphatic carbocycles. The molecule has 1 aliphatic rings. The van der Waals surface area contributed by atoms with Gasteiger partial charge in [-0.25, -0.2) is 0 Å². The van der Waals surface area contributed by atoms with Crippen LogP contribution >= 0.6 is 0 Å². The van der Waals surface area contributed by atoms with Crippen molar-refractivity contribution in [3.63, 3.8) is 0 Å². The quantitative estimate of drug-likeness (QED) is 0.712. The van der Waals surface area contributed by atoms with Gasteiger partial charge in [0.15, 0.2) is 0 Å². The molecule has 1 amide bonds. The van der Waals surface area contributed by atoms with Crippen molar-refractivity contribution < 1.29 is 4.79 Å². The average molecular weight is 184 g/mol. The minimum atomic E-state index is 0.236. The maximum atomic E-state index is 11.5. The lowest BCUT2D eigenvalue weighted by atomic mass is 10.1. The zero-order chi connectivity index (χ0) is 9.84. The summed E-state index contributed by atoms with van der Waals surface area (Å²) < 4.78 is 0. The predicted molar refractivity (Wildman–Crippen MR) is 53.2 cm³/mol. The first kappa shape index (κ1) is 10.5. The fourth-order valence-corrected chi connectivity index (χ4v) is 1.88. The Morgan fingerprint density at radius 3 is 2.62 bits per heavy atom. The summed E-state index contributed by atoms with van der Waals surface area (Å²) in [6.45, 7) is 8.23. The lowest BCUT2D eigenvalue weighted by Crippen LogP contribution is -2.49. The molecule has 13 heavy (non-hydrogen) atoms. The van der Waals surface area contributed by atoms with Crippen LogP contribution in [0.25, 0.3) is 0 Å². The Hall–Kier alpha value is -0.570. The number of likely N-dealkylation sites (tertiary alicyclic amines) is 1. The number of nitrogens with one attached hydrogen (secondary N) is 1. The number of rotatable bonds is 4. The molecule has 0 radical (unpaired) electrons. The van der Waals surface area contributed by atoms with Gasteiger partial charge in [0.2, 0.25) is 5.91 Å². The number of hydrogen-bond donors (Lipinski definition) is 1. The average Bonchev–Trinajstić information content (AvgIpc) is 2.47. The molecule has 1 unspecified atom stereocenters. The summed E-state index contributed by atoms with van der Waals surface area (Å²) in [6, 6.07) is 0. The second-order valence-electron chi connectivity index (χ2n) is 3.94. The highest BCUT2D eigenvalue weighted by Crippen LogP contribution is 2.16. The predicted octanol–water partition coefficient (Wildman–Crippen LogP) is 1.20. The van der Waals surface area contributed by atoms with E-state index in [0.29, 0.717) is 11.8 Å². The first-order valence-corrected chi connectivity index (χ1v) is 5.19. The molecule has 1 N–H and O–H groups in total. The van der Waals surface area contributed by atoms with Gasteiger partial charge in [0.05, 0.1) is 6.17 Å². The zero-order valence-corrected chi connectivity index (χ0v) is 8.84. The minimum Gasteiger partial charge on any atom is -0.327 e. The van der Waals surface area contributed by atoms with E-state index in [1.54, 1.807) is 0 Å².